The van der Waals surface area contributed by atoms with Crippen molar-refractivity contribution in [1.82, 2.24) is 5.32 Å². The Morgan fingerprint density at radius 1 is 1.40 bits per heavy atom. The Labute approximate surface area is 129 Å². The van der Waals surface area contributed by atoms with Crippen molar-refractivity contribution >= 4 is 22.0 Å². The normalized spacial score (nSPS) is 10.4. The van der Waals surface area contributed by atoms with Crippen LogP contribution >= 0.6 is 15.9 Å². The van der Waals surface area contributed by atoms with Gasteiger partial charge in [-0.25, -0.2) is 4.79 Å². The predicted molar refractivity (Wildman–Crippen MR) is 84.8 cm³/mol. The summed E-state index contributed by atoms with van der Waals surface area (Å²) >= 11 is 3.34. The van der Waals surface area contributed by atoms with Gasteiger partial charge in [-0.3, -0.25) is 0 Å². The van der Waals surface area contributed by atoms with Gasteiger partial charge in [-0.2, -0.15) is 0 Å². The summed E-state index contributed by atoms with van der Waals surface area (Å²) in [7, 11) is 0. The molecule has 0 saturated heterocycles. The molecule has 3 nitrogen and oxygen atoms in total. The van der Waals surface area contributed by atoms with Crippen LogP contribution in [0.4, 0.5) is 4.79 Å². The van der Waals surface area contributed by atoms with Crippen molar-refractivity contribution in [1.29, 1.82) is 0 Å². The van der Waals surface area contributed by atoms with Gasteiger partial charge in [-0.15, -0.1) is 0 Å². The zero-order valence-corrected chi connectivity index (χ0v) is 13.7. The molecular weight excluding hydrogens is 318 g/mol. The molecule has 108 valence electrons. The highest BCUT2D eigenvalue weighted by Gasteiger charge is 2.15. The monoisotopic (exact) mass is 337 g/mol. The maximum atomic E-state index is 11.6. The molecule has 20 heavy (non-hydrogen) atoms. The van der Waals surface area contributed by atoms with Gasteiger partial charge in [0.25, 0.3) is 0 Å². The summed E-state index contributed by atoms with van der Waals surface area (Å²) in [5, 5.41) is 3.61. The van der Waals surface area contributed by atoms with E-state index in [9.17, 15) is 4.79 Å². The molecule has 0 saturated carbocycles. The van der Waals surface area contributed by atoms with Gasteiger partial charge in [0.15, 0.2) is 0 Å². The summed E-state index contributed by atoms with van der Waals surface area (Å²) in [6.45, 7) is 5.95. The predicted octanol–water partition coefficient (Wildman–Crippen LogP) is 3.85. The summed E-state index contributed by atoms with van der Waals surface area (Å²) in [4.78, 5) is 11.6. The van der Waals surface area contributed by atoms with E-state index in [2.05, 4.69) is 33.1 Å². The topological polar surface area (TPSA) is 38.3 Å². The molecule has 0 spiro atoms. The number of amides is 1. The fourth-order valence-corrected chi connectivity index (χ4v) is 1.66. The van der Waals surface area contributed by atoms with Crippen molar-refractivity contribution in [3.63, 3.8) is 0 Å². The first-order valence-electron chi connectivity index (χ1n) is 6.51. The number of nitrogens with one attached hydrogen (secondary N) is 1. The lowest BCUT2D eigenvalue weighted by atomic mass is 10.1. The zero-order chi connectivity index (χ0) is 15.0. The number of carbonyl (C=O) groups excluding carboxylic acids is 1. The van der Waals surface area contributed by atoms with Gasteiger partial charge in [-0.05, 0) is 38.5 Å². The van der Waals surface area contributed by atoms with Crippen LogP contribution in [0.3, 0.4) is 0 Å². The number of ether oxygens (including phenoxy) is 1. The van der Waals surface area contributed by atoms with E-state index in [1.807, 2.05) is 45.0 Å². The molecule has 0 radical (unpaired) electrons. The fourth-order valence-electron chi connectivity index (χ4n) is 1.46. The molecule has 0 atom stereocenters. The average molecular weight is 338 g/mol. The van der Waals surface area contributed by atoms with Crippen molar-refractivity contribution in [2.45, 2.75) is 39.3 Å². The van der Waals surface area contributed by atoms with Gasteiger partial charge in [0.1, 0.15) is 5.60 Å². The molecule has 1 rings (SSSR count). The molecule has 0 aliphatic rings. The molecular formula is C16H20BrNO2. The third-order valence-corrected chi connectivity index (χ3v) is 2.61. The Hall–Kier alpha value is -1.47. The van der Waals surface area contributed by atoms with E-state index >= 15 is 0 Å². The second-order valence-electron chi connectivity index (χ2n) is 5.30. The average Bonchev–Trinajstić information content (AvgIpc) is 2.35. The summed E-state index contributed by atoms with van der Waals surface area (Å²) < 4.78 is 5.19. The molecule has 0 aliphatic heterocycles. The van der Waals surface area contributed by atoms with Crippen LogP contribution < -0.4 is 5.32 Å². The molecule has 1 aromatic rings. The molecule has 0 heterocycles. The van der Waals surface area contributed by atoms with Crippen molar-refractivity contribution in [2.24, 2.45) is 0 Å². The minimum atomic E-state index is -0.479. The second-order valence-corrected chi connectivity index (χ2v) is 6.09. The molecule has 1 N–H and O–H groups in total. The quantitative estimate of drug-likeness (QED) is 0.672. The first-order chi connectivity index (χ1) is 9.40. The number of hydrogen-bond donors (Lipinski definition) is 1. The van der Waals surface area contributed by atoms with Gasteiger partial charge >= 0.3 is 6.09 Å². The Morgan fingerprint density at radius 3 is 2.80 bits per heavy atom. The van der Waals surface area contributed by atoms with Crippen LogP contribution in [0.2, 0.25) is 0 Å². The molecule has 4 heteroatoms. The summed E-state index contributed by atoms with van der Waals surface area (Å²) in [5.74, 6) is 6.15. The Bertz CT molecular complexity index is 509. The lowest BCUT2D eigenvalue weighted by Crippen LogP contribution is -2.32. The zero-order valence-electron chi connectivity index (χ0n) is 12.1. The van der Waals surface area contributed by atoms with Gasteiger partial charge < -0.3 is 10.1 Å². The number of alkyl halides is 1. The molecule has 0 bridgehead atoms. The third-order valence-electron chi connectivity index (χ3n) is 2.21. The standard InChI is InChI=1S/C16H20BrNO2/c1-16(2,3)20-15(19)18-12-14-9-6-8-13(11-14)7-4-5-10-17/h6,8-9,11H,5,10,12H2,1-3H3,(H,18,19). The number of hydrogen-bond acceptors (Lipinski definition) is 2. The van der Waals surface area contributed by atoms with E-state index in [1.165, 1.54) is 0 Å². The van der Waals surface area contributed by atoms with E-state index in [0.717, 1.165) is 22.9 Å². The number of halogens is 1. The van der Waals surface area contributed by atoms with Gasteiger partial charge in [0.05, 0.1) is 0 Å². The van der Waals surface area contributed by atoms with E-state index in [-0.39, 0.29) is 0 Å². The molecule has 1 aromatic carbocycles. The number of carbonyl (C=O) groups is 1. The SMILES string of the molecule is CC(C)(C)OC(=O)NCc1cccc(C#CCCBr)c1. The lowest BCUT2D eigenvalue weighted by molar-refractivity contribution is 0.0523. The Morgan fingerprint density at radius 2 is 2.15 bits per heavy atom. The van der Waals surface area contributed by atoms with E-state index in [4.69, 9.17) is 4.74 Å². The first-order valence-corrected chi connectivity index (χ1v) is 7.63. The number of benzene rings is 1. The maximum absolute atomic E-state index is 11.6. The summed E-state index contributed by atoms with van der Waals surface area (Å²) in [5.41, 5.74) is 1.48. The first kappa shape index (κ1) is 16.6. The lowest BCUT2D eigenvalue weighted by Gasteiger charge is -2.19. The third kappa shape index (κ3) is 7.20. The largest absolute Gasteiger partial charge is 0.444 e. The van der Waals surface area contributed by atoms with E-state index in [0.29, 0.717) is 6.54 Å². The number of alkyl carbamates (subject to hydrolysis) is 1. The minimum absolute atomic E-state index is 0.409. The van der Waals surface area contributed by atoms with Crippen LogP contribution in [0.15, 0.2) is 24.3 Å². The van der Waals surface area contributed by atoms with Crippen LogP contribution in [0.25, 0.3) is 0 Å². The highest BCUT2D eigenvalue weighted by molar-refractivity contribution is 9.09. The molecule has 0 aliphatic carbocycles. The Kier molecular flexibility index (Phi) is 6.60. The molecule has 0 fully saturated rings. The Balaban J connectivity index is 2.55. The highest BCUT2D eigenvalue weighted by atomic mass is 79.9. The van der Waals surface area contributed by atoms with E-state index in [1.54, 1.807) is 0 Å². The fraction of sp³-hybridized carbons (Fsp3) is 0.438. The van der Waals surface area contributed by atoms with Crippen LogP contribution in [0, 0.1) is 11.8 Å². The van der Waals surface area contributed by atoms with Crippen LogP contribution in [0.5, 0.6) is 0 Å². The highest BCUT2D eigenvalue weighted by Crippen LogP contribution is 2.08. The van der Waals surface area contributed by atoms with Crippen molar-refractivity contribution in [3.8, 4) is 11.8 Å². The van der Waals surface area contributed by atoms with E-state index < -0.39 is 11.7 Å². The molecule has 0 unspecified atom stereocenters. The summed E-state index contributed by atoms with van der Waals surface area (Å²) in [6.07, 6.45) is 0.411. The molecule has 1 amide bonds. The molecule has 0 aromatic heterocycles. The van der Waals surface area contributed by atoms with Crippen molar-refractivity contribution < 1.29 is 9.53 Å². The second kappa shape index (κ2) is 7.96. The smallest absolute Gasteiger partial charge is 0.407 e. The van der Waals surface area contributed by atoms with Crippen molar-refractivity contribution in [2.75, 3.05) is 5.33 Å². The van der Waals surface area contributed by atoms with Gasteiger partial charge in [0.2, 0.25) is 0 Å². The van der Waals surface area contributed by atoms with Crippen molar-refractivity contribution in [3.05, 3.63) is 35.4 Å². The summed E-state index contributed by atoms with van der Waals surface area (Å²) in [6, 6.07) is 7.81. The minimum Gasteiger partial charge on any atom is -0.444 e. The number of rotatable bonds is 3. The van der Waals surface area contributed by atoms with Crippen LogP contribution in [-0.2, 0) is 11.3 Å². The van der Waals surface area contributed by atoms with Gasteiger partial charge in [0, 0.05) is 23.9 Å². The van der Waals surface area contributed by atoms with Crippen LogP contribution in [-0.4, -0.2) is 17.0 Å². The maximum Gasteiger partial charge on any atom is 0.407 e. The van der Waals surface area contributed by atoms with Crippen LogP contribution in [0.1, 0.15) is 38.3 Å². The van der Waals surface area contributed by atoms with Gasteiger partial charge in [-0.1, -0.05) is 39.9 Å².